The quantitative estimate of drug-likeness (QED) is 0.781. The molecule has 1 saturated heterocycles. The topological polar surface area (TPSA) is 52.6 Å². The minimum Gasteiger partial charge on any atom is -0.342 e. The van der Waals surface area contributed by atoms with Gasteiger partial charge in [-0.2, -0.15) is 0 Å². The third-order valence-corrected chi connectivity index (χ3v) is 6.95. The van der Waals surface area contributed by atoms with Gasteiger partial charge in [0.25, 0.3) is 0 Å². The van der Waals surface area contributed by atoms with E-state index in [2.05, 4.69) is 9.80 Å². The molecule has 1 aromatic carbocycles. The van der Waals surface area contributed by atoms with Crippen LogP contribution in [0.4, 0.5) is 5.95 Å². The minimum atomic E-state index is 0.203. The number of piperazine rings is 1. The number of carbonyl (C=O) groups excluding carboxylic acids is 1. The molecule has 0 atom stereocenters. The van der Waals surface area contributed by atoms with Gasteiger partial charge >= 0.3 is 0 Å². The van der Waals surface area contributed by atoms with E-state index in [1.54, 1.807) is 0 Å². The molecular weight excluding hydrogens is 374 g/mol. The SMILES string of the molecule is O=C(Cc1ccccc1)N1CCc2cnc(N3CCN(C4CCC4)CC3)nc2CC1. The summed E-state index contributed by atoms with van der Waals surface area (Å²) in [4.78, 5) is 29.4. The molecule has 0 N–H and O–H groups in total. The second-order valence-corrected chi connectivity index (χ2v) is 8.79. The molecule has 0 spiro atoms. The first-order chi connectivity index (χ1) is 14.8. The molecule has 1 amide bonds. The van der Waals surface area contributed by atoms with Crippen LogP contribution in [-0.4, -0.2) is 71.0 Å². The van der Waals surface area contributed by atoms with E-state index >= 15 is 0 Å². The predicted octanol–water partition coefficient (Wildman–Crippen LogP) is 2.32. The maximum atomic E-state index is 12.8. The van der Waals surface area contributed by atoms with E-state index in [-0.39, 0.29) is 5.91 Å². The Bertz CT molecular complexity index is 874. The standard InChI is InChI=1S/C24H31N5O/c30-23(17-19-5-2-1-3-6-19)28-11-9-20-18-25-24(26-22(20)10-12-28)29-15-13-27(14-16-29)21-7-4-8-21/h1-3,5-6,18,21H,4,7-17H2. The van der Waals surface area contributed by atoms with Gasteiger partial charge in [0, 0.05) is 57.9 Å². The Morgan fingerprint density at radius 3 is 2.47 bits per heavy atom. The fraction of sp³-hybridized carbons (Fsp3) is 0.542. The zero-order chi connectivity index (χ0) is 20.3. The monoisotopic (exact) mass is 405 g/mol. The lowest BCUT2D eigenvalue weighted by atomic mass is 9.91. The van der Waals surface area contributed by atoms with E-state index in [9.17, 15) is 4.79 Å². The van der Waals surface area contributed by atoms with Gasteiger partial charge in [0.15, 0.2) is 0 Å². The maximum absolute atomic E-state index is 12.8. The average Bonchev–Trinajstić information content (AvgIpc) is 2.96. The Hall–Kier alpha value is -2.47. The molecule has 1 aromatic heterocycles. The molecule has 3 aliphatic rings. The highest BCUT2D eigenvalue weighted by atomic mass is 16.2. The summed E-state index contributed by atoms with van der Waals surface area (Å²) < 4.78 is 0. The molecule has 2 fully saturated rings. The molecule has 2 aliphatic heterocycles. The first-order valence-corrected chi connectivity index (χ1v) is 11.4. The van der Waals surface area contributed by atoms with E-state index in [0.29, 0.717) is 6.42 Å². The number of nitrogens with zero attached hydrogens (tertiary/aromatic N) is 5. The molecule has 5 rings (SSSR count). The molecule has 158 valence electrons. The van der Waals surface area contributed by atoms with Crippen LogP contribution >= 0.6 is 0 Å². The van der Waals surface area contributed by atoms with Crippen LogP contribution in [0.25, 0.3) is 0 Å². The molecular formula is C24H31N5O. The Morgan fingerprint density at radius 2 is 1.73 bits per heavy atom. The average molecular weight is 406 g/mol. The van der Waals surface area contributed by atoms with Crippen molar-refractivity contribution >= 4 is 11.9 Å². The molecule has 3 heterocycles. The van der Waals surface area contributed by atoms with Crippen LogP contribution in [0.3, 0.4) is 0 Å². The zero-order valence-corrected chi connectivity index (χ0v) is 17.7. The van der Waals surface area contributed by atoms with E-state index in [4.69, 9.17) is 9.97 Å². The molecule has 0 radical (unpaired) electrons. The summed E-state index contributed by atoms with van der Waals surface area (Å²) in [6.07, 6.45) is 8.26. The number of benzene rings is 1. The van der Waals surface area contributed by atoms with Crippen LogP contribution in [-0.2, 0) is 24.1 Å². The normalized spacial score (nSPS) is 20.4. The van der Waals surface area contributed by atoms with Crippen molar-refractivity contribution in [3.05, 3.63) is 53.3 Å². The largest absolute Gasteiger partial charge is 0.342 e. The van der Waals surface area contributed by atoms with Crippen molar-refractivity contribution in [3.8, 4) is 0 Å². The second kappa shape index (κ2) is 8.72. The summed E-state index contributed by atoms with van der Waals surface area (Å²) in [7, 11) is 0. The van der Waals surface area contributed by atoms with Gasteiger partial charge in [-0.25, -0.2) is 9.97 Å². The lowest BCUT2D eigenvalue weighted by molar-refractivity contribution is -0.130. The van der Waals surface area contributed by atoms with E-state index in [1.807, 2.05) is 41.4 Å². The highest BCUT2D eigenvalue weighted by molar-refractivity contribution is 5.78. The van der Waals surface area contributed by atoms with Gasteiger partial charge in [-0.05, 0) is 30.4 Å². The highest BCUT2D eigenvalue weighted by Crippen LogP contribution is 2.26. The number of aromatic nitrogens is 2. The number of hydrogen-bond acceptors (Lipinski definition) is 5. The second-order valence-electron chi connectivity index (χ2n) is 8.79. The van der Waals surface area contributed by atoms with Crippen LogP contribution in [0, 0.1) is 0 Å². The Morgan fingerprint density at radius 1 is 0.967 bits per heavy atom. The lowest BCUT2D eigenvalue weighted by Gasteiger charge is -2.43. The first kappa shape index (κ1) is 19.5. The number of rotatable bonds is 4. The fourth-order valence-electron chi connectivity index (χ4n) is 4.79. The van der Waals surface area contributed by atoms with Gasteiger partial charge < -0.3 is 9.80 Å². The van der Waals surface area contributed by atoms with Crippen molar-refractivity contribution in [1.29, 1.82) is 0 Å². The van der Waals surface area contributed by atoms with Crippen molar-refractivity contribution in [3.63, 3.8) is 0 Å². The van der Waals surface area contributed by atoms with Gasteiger partial charge in [-0.1, -0.05) is 36.8 Å². The molecule has 30 heavy (non-hydrogen) atoms. The number of anilines is 1. The molecule has 6 nitrogen and oxygen atoms in total. The third kappa shape index (κ3) is 4.19. The third-order valence-electron chi connectivity index (χ3n) is 6.95. The van der Waals surface area contributed by atoms with Gasteiger partial charge in [0.2, 0.25) is 11.9 Å². The van der Waals surface area contributed by atoms with Crippen molar-refractivity contribution < 1.29 is 4.79 Å². The Balaban J connectivity index is 1.20. The Kier molecular flexibility index (Phi) is 5.67. The molecule has 1 aliphatic carbocycles. The summed E-state index contributed by atoms with van der Waals surface area (Å²) >= 11 is 0. The zero-order valence-electron chi connectivity index (χ0n) is 17.7. The number of amides is 1. The first-order valence-electron chi connectivity index (χ1n) is 11.4. The minimum absolute atomic E-state index is 0.203. The van der Waals surface area contributed by atoms with Crippen LogP contribution in [0.2, 0.25) is 0 Å². The van der Waals surface area contributed by atoms with E-state index in [1.165, 1.54) is 24.8 Å². The van der Waals surface area contributed by atoms with Gasteiger partial charge in [-0.3, -0.25) is 9.69 Å². The fourth-order valence-corrected chi connectivity index (χ4v) is 4.79. The van der Waals surface area contributed by atoms with Crippen molar-refractivity contribution in [1.82, 2.24) is 19.8 Å². The number of carbonyl (C=O) groups is 1. The Labute approximate surface area is 178 Å². The van der Waals surface area contributed by atoms with Crippen LogP contribution in [0.15, 0.2) is 36.5 Å². The van der Waals surface area contributed by atoms with Crippen LogP contribution in [0.5, 0.6) is 0 Å². The highest BCUT2D eigenvalue weighted by Gasteiger charge is 2.29. The summed E-state index contributed by atoms with van der Waals surface area (Å²) in [6, 6.07) is 10.8. The maximum Gasteiger partial charge on any atom is 0.227 e. The summed E-state index contributed by atoms with van der Waals surface area (Å²) in [5, 5.41) is 0. The van der Waals surface area contributed by atoms with Gasteiger partial charge in [0.05, 0.1) is 12.1 Å². The van der Waals surface area contributed by atoms with Crippen LogP contribution in [0.1, 0.15) is 36.1 Å². The molecule has 0 bridgehead atoms. The summed E-state index contributed by atoms with van der Waals surface area (Å²) in [5.74, 6) is 1.07. The predicted molar refractivity (Wildman–Crippen MR) is 118 cm³/mol. The van der Waals surface area contributed by atoms with Crippen molar-refractivity contribution in [2.75, 3.05) is 44.2 Å². The number of fused-ring (bicyclic) bond motifs is 1. The molecule has 1 saturated carbocycles. The van der Waals surface area contributed by atoms with E-state index in [0.717, 1.165) is 75.4 Å². The van der Waals surface area contributed by atoms with Gasteiger partial charge in [-0.15, -0.1) is 0 Å². The summed E-state index contributed by atoms with van der Waals surface area (Å²) in [6.45, 7) is 5.75. The van der Waals surface area contributed by atoms with Gasteiger partial charge in [0.1, 0.15) is 0 Å². The molecule has 6 heteroatoms. The number of hydrogen-bond donors (Lipinski definition) is 0. The van der Waals surface area contributed by atoms with Crippen molar-refractivity contribution in [2.45, 2.75) is 44.6 Å². The van der Waals surface area contributed by atoms with Crippen LogP contribution < -0.4 is 4.90 Å². The van der Waals surface area contributed by atoms with Crippen molar-refractivity contribution in [2.24, 2.45) is 0 Å². The van der Waals surface area contributed by atoms with E-state index < -0.39 is 0 Å². The summed E-state index contributed by atoms with van der Waals surface area (Å²) in [5.41, 5.74) is 3.39. The molecule has 2 aromatic rings. The smallest absolute Gasteiger partial charge is 0.227 e. The molecule has 0 unspecified atom stereocenters. The lowest BCUT2D eigenvalue weighted by Crippen LogP contribution is -2.52.